The number of rotatable bonds is 6. The summed E-state index contributed by atoms with van der Waals surface area (Å²) in [6, 6.07) is 12.4. The van der Waals surface area contributed by atoms with Crippen LogP contribution in [0.3, 0.4) is 0 Å². The third-order valence-corrected chi connectivity index (χ3v) is 3.41. The van der Waals surface area contributed by atoms with Gasteiger partial charge in [-0.3, -0.25) is 0 Å². The van der Waals surface area contributed by atoms with Gasteiger partial charge in [0, 0.05) is 0 Å². The highest BCUT2D eigenvalue weighted by atomic mass is 19.4. The first-order chi connectivity index (χ1) is 10.5. The van der Waals surface area contributed by atoms with Crippen molar-refractivity contribution in [2.75, 3.05) is 0 Å². The maximum absolute atomic E-state index is 12.5. The summed E-state index contributed by atoms with van der Waals surface area (Å²) in [5, 5.41) is 0. The maximum Gasteiger partial charge on any atom is 0.416 e. The van der Waals surface area contributed by atoms with Crippen molar-refractivity contribution in [2.45, 2.75) is 38.8 Å². The summed E-state index contributed by atoms with van der Waals surface area (Å²) < 4.78 is 43.0. The Labute approximate surface area is 128 Å². The zero-order chi connectivity index (χ0) is 16.0. The third kappa shape index (κ3) is 4.79. The fraction of sp³-hybridized carbons (Fsp3) is 0.333. The summed E-state index contributed by atoms with van der Waals surface area (Å²) in [7, 11) is 0. The van der Waals surface area contributed by atoms with E-state index in [0.717, 1.165) is 25.0 Å². The summed E-state index contributed by atoms with van der Waals surface area (Å²) in [6.45, 7) is 2.17. The standard InChI is InChI=1S/C18H19F3O/c1-2-3-4-5-14-6-10-16(11-7-14)22-17-12-8-15(9-13-17)18(19,20)21/h6-13H,2-5H2,1H3. The zero-order valence-corrected chi connectivity index (χ0v) is 12.5. The SMILES string of the molecule is CCCCCc1ccc(Oc2ccc(C(F)(F)F)cc2)cc1. The number of hydrogen-bond donors (Lipinski definition) is 0. The molecule has 2 rings (SSSR count). The third-order valence-electron chi connectivity index (χ3n) is 3.41. The topological polar surface area (TPSA) is 9.23 Å². The molecule has 0 bridgehead atoms. The number of benzene rings is 2. The molecule has 0 aliphatic rings. The fourth-order valence-electron chi connectivity index (χ4n) is 2.15. The Hall–Kier alpha value is -1.97. The maximum atomic E-state index is 12.5. The van der Waals surface area contributed by atoms with Crippen LogP contribution >= 0.6 is 0 Å². The van der Waals surface area contributed by atoms with Crippen molar-refractivity contribution in [1.82, 2.24) is 0 Å². The van der Waals surface area contributed by atoms with E-state index in [4.69, 9.17) is 4.74 Å². The van der Waals surface area contributed by atoms with E-state index in [9.17, 15) is 13.2 Å². The van der Waals surface area contributed by atoms with Crippen LogP contribution < -0.4 is 4.74 Å². The van der Waals surface area contributed by atoms with Gasteiger partial charge in [0.25, 0.3) is 0 Å². The Balaban J connectivity index is 1.96. The van der Waals surface area contributed by atoms with Crippen molar-refractivity contribution in [3.8, 4) is 11.5 Å². The van der Waals surface area contributed by atoms with Crippen LogP contribution in [0.4, 0.5) is 13.2 Å². The molecule has 0 heterocycles. The lowest BCUT2D eigenvalue weighted by atomic mass is 10.1. The number of alkyl halides is 3. The highest BCUT2D eigenvalue weighted by Crippen LogP contribution is 2.31. The van der Waals surface area contributed by atoms with E-state index < -0.39 is 11.7 Å². The summed E-state index contributed by atoms with van der Waals surface area (Å²) in [4.78, 5) is 0. The van der Waals surface area contributed by atoms with Crippen LogP contribution in [0.25, 0.3) is 0 Å². The molecule has 2 aromatic rings. The molecule has 0 unspecified atom stereocenters. The molecule has 118 valence electrons. The van der Waals surface area contributed by atoms with Crippen molar-refractivity contribution in [1.29, 1.82) is 0 Å². The Morgan fingerprint density at radius 2 is 1.36 bits per heavy atom. The molecule has 0 aliphatic heterocycles. The molecule has 1 nitrogen and oxygen atoms in total. The first-order valence-corrected chi connectivity index (χ1v) is 7.43. The van der Waals surface area contributed by atoms with Gasteiger partial charge in [-0.25, -0.2) is 0 Å². The van der Waals surface area contributed by atoms with Crippen LogP contribution in [0.5, 0.6) is 11.5 Å². The van der Waals surface area contributed by atoms with Crippen molar-refractivity contribution >= 4 is 0 Å². The Morgan fingerprint density at radius 3 is 1.86 bits per heavy atom. The monoisotopic (exact) mass is 308 g/mol. The minimum Gasteiger partial charge on any atom is -0.457 e. The molecule has 0 amide bonds. The van der Waals surface area contributed by atoms with E-state index in [1.54, 1.807) is 0 Å². The lowest BCUT2D eigenvalue weighted by Gasteiger charge is -2.09. The Bertz CT molecular complexity index is 571. The lowest BCUT2D eigenvalue weighted by molar-refractivity contribution is -0.137. The van der Waals surface area contributed by atoms with E-state index in [0.29, 0.717) is 11.5 Å². The van der Waals surface area contributed by atoms with Gasteiger partial charge in [-0.05, 0) is 54.8 Å². The average Bonchev–Trinajstić information content (AvgIpc) is 2.49. The quantitative estimate of drug-likeness (QED) is 0.575. The van der Waals surface area contributed by atoms with Gasteiger partial charge in [0.15, 0.2) is 0 Å². The second kappa shape index (κ2) is 7.34. The van der Waals surface area contributed by atoms with Crippen LogP contribution in [-0.4, -0.2) is 0 Å². The first-order valence-electron chi connectivity index (χ1n) is 7.43. The van der Waals surface area contributed by atoms with Crippen molar-refractivity contribution in [2.24, 2.45) is 0 Å². The molecular weight excluding hydrogens is 289 g/mol. The minimum absolute atomic E-state index is 0.395. The summed E-state index contributed by atoms with van der Waals surface area (Å²) >= 11 is 0. The fourth-order valence-corrected chi connectivity index (χ4v) is 2.15. The highest BCUT2D eigenvalue weighted by Gasteiger charge is 2.30. The second-order valence-electron chi connectivity index (χ2n) is 5.23. The molecule has 0 saturated heterocycles. The molecule has 0 N–H and O–H groups in total. The van der Waals surface area contributed by atoms with E-state index in [-0.39, 0.29) is 0 Å². The Kier molecular flexibility index (Phi) is 5.47. The van der Waals surface area contributed by atoms with E-state index in [1.807, 2.05) is 24.3 Å². The average molecular weight is 308 g/mol. The predicted molar refractivity (Wildman–Crippen MR) is 81.2 cm³/mol. The molecule has 22 heavy (non-hydrogen) atoms. The first kappa shape index (κ1) is 16.4. The molecule has 0 fully saturated rings. The summed E-state index contributed by atoms with van der Waals surface area (Å²) in [6.07, 6.45) is 0.279. The zero-order valence-electron chi connectivity index (χ0n) is 12.5. The predicted octanol–water partition coefficient (Wildman–Crippen LogP) is 6.23. The van der Waals surface area contributed by atoms with E-state index >= 15 is 0 Å². The summed E-state index contributed by atoms with van der Waals surface area (Å²) in [5.41, 5.74) is 0.569. The molecule has 0 radical (unpaired) electrons. The number of hydrogen-bond acceptors (Lipinski definition) is 1. The molecular formula is C18H19F3O. The van der Waals surface area contributed by atoms with Crippen molar-refractivity contribution in [3.05, 3.63) is 59.7 Å². The Morgan fingerprint density at radius 1 is 0.818 bits per heavy atom. The van der Waals surface area contributed by atoms with Gasteiger partial charge in [-0.1, -0.05) is 31.9 Å². The van der Waals surface area contributed by atoms with Gasteiger partial charge in [0.05, 0.1) is 5.56 Å². The van der Waals surface area contributed by atoms with Crippen molar-refractivity contribution in [3.63, 3.8) is 0 Å². The van der Waals surface area contributed by atoms with Gasteiger partial charge in [0.2, 0.25) is 0 Å². The number of aryl methyl sites for hydroxylation is 1. The largest absolute Gasteiger partial charge is 0.457 e. The van der Waals surface area contributed by atoms with Gasteiger partial charge in [-0.15, -0.1) is 0 Å². The number of halogens is 3. The van der Waals surface area contributed by atoms with Gasteiger partial charge >= 0.3 is 6.18 Å². The van der Waals surface area contributed by atoms with Crippen LogP contribution in [0, 0.1) is 0 Å². The minimum atomic E-state index is -4.32. The lowest BCUT2D eigenvalue weighted by Crippen LogP contribution is -2.03. The highest BCUT2D eigenvalue weighted by molar-refractivity contribution is 5.35. The van der Waals surface area contributed by atoms with Crippen LogP contribution in [0.1, 0.15) is 37.3 Å². The molecule has 2 aromatic carbocycles. The molecule has 0 aromatic heterocycles. The smallest absolute Gasteiger partial charge is 0.416 e. The molecule has 0 aliphatic carbocycles. The van der Waals surface area contributed by atoms with Crippen molar-refractivity contribution < 1.29 is 17.9 Å². The second-order valence-corrected chi connectivity index (χ2v) is 5.23. The van der Waals surface area contributed by atoms with Gasteiger partial charge in [-0.2, -0.15) is 13.2 Å². The molecule has 0 spiro atoms. The molecule has 4 heteroatoms. The summed E-state index contributed by atoms with van der Waals surface area (Å²) in [5.74, 6) is 1.02. The van der Waals surface area contributed by atoms with E-state index in [2.05, 4.69) is 6.92 Å². The number of ether oxygens (including phenoxy) is 1. The van der Waals surface area contributed by atoms with Crippen LogP contribution in [0.2, 0.25) is 0 Å². The van der Waals surface area contributed by atoms with Gasteiger partial charge < -0.3 is 4.74 Å². The van der Waals surface area contributed by atoms with Gasteiger partial charge in [0.1, 0.15) is 11.5 Å². The molecule has 0 atom stereocenters. The normalized spacial score (nSPS) is 11.5. The van der Waals surface area contributed by atoms with Crippen LogP contribution in [-0.2, 0) is 12.6 Å². The van der Waals surface area contributed by atoms with Crippen LogP contribution in [0.15, 0.2) is 48.5 Å². The van der Waals surface area contributed by atoms with E-state index in [1.165, 1.54) is 30.5 Å². The number of unbranched alkanes of at least 4 members (excludes halogenated alkanes) is 2. The molecule has 0 saturated carbocycles.